The van der Waals surface area contributed by atoms with Crippen molar-refractivity contribution in [3.63, 3.8) is 0 Å². The standard InChI is InChI=1S/C23H14Cl2N2O3S/c24-15-7-6-14(20(25)13-15)12-19-21(28)26-23(31)27(22(19)29)16-8-10-18(11-9-16)30-17-4-2-1-3-5-17/h1-13H,(H,26,28,31)/b19-12+. The number of halogens is 2. The highest BCUT2D eigenvalue weighted by Crippen LogP contribution is 2.28. The van der Waals surface area contributed by atoms with Gasteiger partial charge in [-0.05, 0) is 72.4 Å². The molecule has 0 unspecified atom stereocenters. The van der Waals surface area contributed by atoms with Gasteiger partial charge in [0.25, 0.3) is 11.8 Å². The predicted octanol–water partition coefficient (Wildman–Crippen LogP) is 5.62. The van der Waals surface area contributed by atoms with E-state index in [0.717, 1.165) is 0 Å². The molecule has 0 saturated carbocycles. The number of hydrogen-bond acceptors (Lipinski definition) is 4. The fourth-order valence-electron chi connectivity index (χ4n) is 2.95. The number of rotatable bonds is 4. The van der Waals surface area contributed by atoms with Gasteiger partial charge in [-0.25, -0.2) is 0 Å². The van der Waals surface area contributed by atoms with Crippen LogP contribution in [0.4, 0.5) is 5.69 Å². The zero-order chi connectivity index (χ0) is 22.0. The SMILES string of the molecule is O=C1NC(=S)N(c2ccc(Oc3ccccc3)cc2)C(=O)/C1=C/c1ccc(Cl)cc1Cl. The van der Waals surface area contributed by atoms with Crippen LogP contribution in [-0.2, 0) is 9.59 Å². The number of hydrogen-bond donors (Lipinski definition) is 1. The molecule has 0 aliphatic carbocycles. The van der Waals surface area contributed by atoms with Crippen molar-refractivity contribution in [2.24, 2.45) is 0 Å². The number of anilines is 1. The molecular weight excluding hydrogens is 455 g/mol. The zero-order valence-electron chi connectivity index (χ0n) is 15.8. The Balaban J connectivity index is 1.62. The number of carbonyl (C=O) groups excluding carboxylic acids is 2. The van der Waals surface area contributed by atoms with Crippen LogP contribution in [0.2, 0.25) is 10.0 Å². The van der Waals surface area contributed by atoms with Crippen molar-refractivity contribution < 1.29 is 14.3 Å². The van der Waals surface area contributed by atoms with Gasteiger partial charge in [0.05, 0.1) is 5.69 Å². The van der Waals surface area contributed by atoms with Gasteiger partial charge in [0.15, 0.2) is 5.11 Å². The molecule has 5 nitrogen and oxygen atoms in total. The zero-order valence-corrected chi connectivity index (χ0v) is 18.2. The molecule has 1 aliphatic rings. The normalized spacial score (nSPS) is 15.2. The molecule has 0 bridgehead atoms. The average Bonchev–Trinajstić information content (AvgIpc) is 2.74. The topological polar surface area (TPSA) is 58.6 Å². The molecule has 4 rings (SSSR count). The van der Waals surface area contributed by atoms with Gasteiger partial charge in [-0.1, -0.05) is 47.5 Å². The van der Waals surface area contributed by atoms with Crippen LogP contribution in [0.25, 0.3) is 6.08 Å². The number of benzene rings is 3. The second-order valence-electron chi connectivity index (χ2n) is 6.53. The van der Waals surface area contributed by atoms with Gasteiger partial charge < -0.3 is 4.74 Å². The van der Waals surface area contributed by atoms with Crippen LogP contribution >= 0.6 is 35.4 Å². The summed E-state index contributed by atoms with van der Waals surface area (Å²) in [4.78, 5) is 26.8. The summed E-state index contributed by atoms with van der Waals surface area (Å²) < 4.78 is 5.77. The summed E-state index contributed by atoms with van der Waals surface area (Å²) in [6.45, 7) is 0. The van der Waals surface area contributed by atoms with E-state index in [1.54, 1.807) is 36.4 Å². The molecular formula is C23H14Cl2N2O3S. The molecule has 0 aromatic heterocycles. The average molecular weight is 469 g/mol. The van der Waals surface area contributed by atoms with Crippen molar-refractivity contribution in [1.29, 1.82) is 0 Å². The summed E-state index contributed by atoms with van der Waals surface area (Å²) in [6, 6.07) is 20.9. The van der Waals surface area contributed by atoms with E-state index < -0.39 is 11.8 Å². The van der Waals surface area contributed by atoms with E-state index in [-0.39, 0.29) is 10.7 Å². The summed E-state index contributed by atoms with van der Waals surface area (Å²) in [5.74, 6) is 0.132. The molecule has 1 heterocycles. The van der Waals surface area contributed by atoms with Crippen LogP contribution in [-0.4, -0.2) is 16.9 Å². The number of amides is 2. The monoisotopic (exact) mass is 468 g/mol. The van der Waals surface area contributed by atoms with Gasteiger partial charge in [0.1, 0.15) is 17.1 Å². The Morgan fingerprint density at radius 2 is 1.58 bits per heavy atom. The van der Waals surface area contributed by atoms with E-state index in [2.05, 4.69) is 5.32 Å². The lowest BCUT2D eigenvalue weighted by molar-refractivity contribution is -0.122. The first kappa shape index (κ1) is 21.1. The van der Waals surface area contributed by atoms with E-state index in [1.165, 1.54) is 17.0 Å². The third kappa shape index (κ3) is 4.61. The molecule has 154 valence electrons. The van der Waals surface area contributed by atoms with E-state index >= 15 is 0 Å². The smallest absolute Gasteiger partial charge is 0.270 e. The van der Waals surface area contributed by atoms with Crippen LogP contribution in [0.5, 0.6) is 11.5 Å². The van der Waals surface area contributed by atoms with Crippen molar-refractivity contribution >= 4 is 64.1 Å². The summed E-state index contributed by atoms with van der Waals surface area (Å²) in [7, 11) is 0. The Bertz CT molecular complexity index is 1210. The van der Waals surface area contributed by atoms with Crippen LogP contribution in [0, 0.1) is 0 Å². The summed E-state index contributed by atoms with van der Waals surface area (Å²) in [5, 5.41) is 3.31. The van der Waals surface area contributed by atoms with Crippen LogP contribution in [0.15, 0.2) is 78.4 Å². The van der Waals surface area contributed by atoms with Crippen molar-refractivity contribution in [2.75, 3.05) is 4.90 Å². The highest BCUT2D eigenvalue weighted by atomic mass is 35.5. The highest BCUT2D eigenvalue weighted by Gasteiger charge is 2.34. The summed E-state index contributed by atoms with van der Waals surface area (Å²) >= 11 is 17.3. The van der Waals surface area contributed by atoms with Gasteiger partial charge in [0.2, 0.25) is 0 Å². The molecule has 1 N–H and O–H groups in total. The lowest BCUT2D eigenvalue weighted by Gasteiger charge is -2.29. The molecule has 8 heteroatoms. The van der Waals surface area contributed by atoms with Crippen molar-refractivity contribution in [2.45, 2.75) is 0 Å². The molecule has 0 radical (unpaired) electrons. The van der Waals surface area contributed by atoms with Crippen molar-refractivity contribution in [3.05, 3.63) is 94.0 Å². The van der Waals surface area contributed by atoms with Gasteiger partial charge in [0, 0.05) is 10.0 Å². The van der Waals surface area contributed by atoms with Crippen molar-refractivity contribution in [3.8, 4) is 11.5 Å². The second-order valence-corrected chi connectivity index (χ2v) is 7.76. The molecule has 0 atom stereocenters. The third-order valence-electron chi connectivity index (χ3n) is 4.44. The Kier molecular flexibility index (Phi) is 6.04. The Morgan fingerprint density at radius 3 is 2.26 bits per heavy atom. The minimum atomic E-state index is -0.596. The van der Waals surface area contributed by atoms with Crippen LogP contribution < -0.4 is 15.0 Å². The first-order valence-electron chi connectivity index (χ1n) is 9.12. The van der Waals surface area contributed by atoms with Crippen molar-refractivity contribution in [1.82, 2.24) is 5.32 Å². The largest absolute Gasteiger partial charge is 0.457 e. The van der Waals surface area contributed by atoms with E-state index in [1.807, 2.05) is 30.3 Å². The van der Waals surface area contributed by atoms with Gasteiger partial charge >= 0.3 is 0 Å². The lowest BCUT2D eigenvalue weighted by Crippen LogP contribution is -2.54. The number of nitrogens with zero attached hydrogens (tertiary/aromatic N) is 1. The molecule has 3 aromatic rings. The predicted molar refractivity (Wildman–Crippen MR) is 126 cm³/mol. The quantitative estimate of drug-likeness (QED) is 0.306. The van der Waals surface area contributed by atoms with E-state index in [0.29, 0.717) is 32.8 Å². The minimum absolute atomic E-state index is 0.00826. The maximum absolute atomic E-state index is 13.1. The molecule has 1 aliphatic heterocycles. The maximum atomic E-state index is 13.1. The number of thiocarbonyl (C=S) groups is 1. The number of nitrogens with one attached hydrogen (secondary N) is 1. The number of carbonyl (C=O) groups is 2. The first-order valence-corrected chi connectivity index (χ1v) is 10.3. The molecule has 31 heavy (non-hydrogen) atoms. The Hall–Kier alpha value is -3.19. The van der Waals surface area contributed by atoms with Crippen LogP contribution in [0.3, 0.4) is 0 Å². The second kappa shape index (κ2) is 8.89. The van der Waals surface area contributed by atoms with E-state index in [4.69, 9.17) is 40.2 Å². The summed E-state index contributed by atoms with van der Waals surface area (Å²) in [5.41, 5.74) is 0.884. The fraction of sp³-hybridized carbons (Fsp3) is 0. The van der Waals surface area contributed by atoms with Gasteiger partial charge in [-0.3, -0.25) is 19.8 Å². The third-order valence-corrected chi connectivity index (χ3v) is 5.28. The first-order chi connectivity index (χ1) is 14.9. The molecule has 2 amide bonds. The molecule has 1 saturated heterocycles. The number of para-hydroxylation sites is 1. The Morgan fingerprint density at radius 1 is 0.903 bits per heavy atom. The number of ether oxygens (including phenoxy) is 1. The van der Waals surface area contributed by atoms with Gasteiger partial charge in [-0.15, -0.1) is 0 Å². The minimum Gasteiger partial charge on any atom is -0.457 e. The Labute approximate surface area is 193 Å². The molecule has 3 aromatic carbocycles. The molecule has 1 fully saturated rings. The fourth-order valence-corrected chi connectivity index (χ4v) is 3.70. The molecule has 0 spiro atoms. The summed E-state index contributed by atoms with van der Waals surface area (Å²) in [6.07, 6.45) is 1.41. The van der Waals surface area contributed by atoms with Crippen LogP contribution in [0.1, 0.15) is 5.56 Å². The lowest BCUT2D eigenvalue weighted by atomic mass is 10.1. The van der Waals surface area contributed by atoms with Gasteiger partial charge in [-0.2, -0.15) is 0 Å². The van der Waals surface area contributed by atoms with E-state index in [9.17, 15) is 9.59 Å². The maximum Gasteiger partial charge on any atom is 0.270 e. The highest BCUT2D eigenvalue weighted by molar-refractivity contribution is 7.80.